The van der Waals surface area contributed by atoms with Gasteiger partial charge in [-0.1, -0.05) is 109 Å². The zero-order valence-electron chi connectivity index (χ0n) is 31.8. The van der Waals surface area contributed by atoms with Crippen molar-refractivity contribution in [3.63, 3.8) is 0 Å². The van der Waals surface area contributed by atoms with Crippen molar-refractivity contribution in [3.8, 4) is 51.2 Å². The van der Waals surface area contributed by atoms with E-state index >= 15 is 0 Å². The fraction of sp³-hybridized carbons (Fsp3) is 0. The summed E-state index contributed by atoms with van der Waals surface area (Å²) in [6.07, 6.45) is 0. The number of para-hydroxylation sites is 9. The van der Waals surface area contributed by atoms with Crippen LogP contribution in [-0.4, -0.2) is 28.7 Å². The Kier molecular flexibility index (Phi) is 7.43. The van der Waals surface area contributed by atoms with Crippen molar-refractivity contribution >= 4 is 54.6 Å². The minimum absolute atomic E-state index is 0.863. The molecular formula is C53H34N6. The molecule has 276 valence electrons. The topological polar surface area (TPSA) is 53.5 Å². The van der Waals surface area contributed by atoms with Crippen LogP contribution in [0.4, 0.5) is 0 Å². The highest BCUT2D eigenvalue weighted by Gasteiger charge is 2.23. The second kappa shape index (κ2) is 13.3. The third kappa shape index (κ3) is 5.31. The molecule has 0 fully saturated rings. The summed E-state index contributed by atoms with van der Waals surface area (Å²) in [6.45, 7) is 0. The van der Waals surface area contributed by atoms with Crippen LogP contribution in [0.15, 0.2) is 206 Å². The van der Waals surface area contributed by atoms with Crippen LogP contribution >= 0.6 is 0 Å². The van der Waals surface area contributed by atoms with E-state index in [2.05, 4.69) is 220 Å². The number of benzene rings is 9. The summed E-state index contributed by atoms with van der Waals surface area (Å²) in [5, 5.41) is 4.42. The van der Waals surface area contributed by atoms with Crippen LogP contribution < -0.4 is 0 Å². The van der Waals surface area contributed by atoms with Gasteiger partial charge in [-0.15, -0.1) is 0 Å². The Morgan fingerprint density at radius 3 is 1.22 bits per heavy atom. The molecule has 0 atom stereocenters. The van der Waals surface area contributed by atoms with Crippen LogP contribution in [0, 0.1) is 0 Å². The van der Waals surface area contributed by atoms with E-state index in [-0.39, 0.29) is 0 Å². The maximum Gasteiger partial charge on any atom is 0.146 e. The van der Waals surface area contributed by atoms with Crippen molar-refractivity contribution in [2.45, 2.75) is 0 Å². The number of imidazole rings is 3. The van der Waals surface area contributed by atoms with Gasteiger partial charge in [-0.25, -0.2) is 15.0 Å². The SMILES string of the molecule is c1ccc(-n2c(-c3cc(-c4nc5ccccc5n4-c4ccccc4)c4cc5cccc(-c6nc7ccccc7n6-c6ccccc6)c5cc4c3)nc3ccccc32)cc1. The monoisotopic (exact) mass is 754 g/mol. The highest BCUT2D eigenvalue weighted by molar-refractivity contribution is 6.10. The minimum Gasteiger partial charge on any atom is -0.292 e. The van der Waals surface area contributed by atoms with Crippen LogP contribution in [0.3, 0.4) is 0 Å². The van der Waals surface area contributed by atoms with Gasteiger partial charge in [0.15, 0.2) is 0 Å². The third-order valence-corrected chi connectivity index (χ3v) is 11.4. The van der Waals surface area contributed by atoms with Crippen molar-refractivity contribution in [1.82, 2.24) is 28.7 Å². The van der Waals surface area contributed by atoms with Gasteiger partial charge in [-0.2, -0.15) is 0 Å². The van der Waals surface area contributed by atoms with E-state index in [4.69, 9.17) is 15.0 Å². The molecule has 0 saturated heterocycles. The van der Waals surface area contributed by atoms with Crippen molar-refractivity contribution < 1.29 is 0 Å². The number of hydrogen-bond donors (Lipinski definition) is 0. The van der Waals surface area contributed by atoms with Gasteiger partial charge in [0, 0.05) is 33.8 Å². The van der Waals surface area contributed by atoms with Gasteiger partial charge in [0.05, 0.1) is 33.1 Å². The second-order valence-electron chi connectivity index (χ2n) is 14.9. The molecule has 59 heavy (non-hydrogen) atoms. The number of fused-ring (bicyclic) bond motifs is 5. The molecule has 6 heteroatoms. The Labute approximate surface area is 339 Å². The first-order valence-electron chi connectivity index (χ1n) is 19.9. The van der Waals surface area contributed by atoms with E-state index in [1.54, 1.807) is 0 Å². The summed E-state index contributed by atoms with van der Waals surface area (Å²) in [5.41, 5.74) is 12.2. The van der Waals surface area contributed by atoms with E-state index in [9.17, 15) is 0 Å². The number of aromatic nitrogens is 6. The third-order valence-electron chi connectivity index (χ3n) is 11.4. The lowest BCUT2D eigenvalue weighted by Gasteiger charge is -2.16. The van der Waals surface area contributed by atoms with Gasteiger partial charge >= 0.3 is 0 Å². The molecule has 0 aliphatic heterocycles. The molecular weight excluding hydrogens is 721 g/mol. The molecule has 0 N–H and O–H groups in total. The molecule has 0 radical (unpaired) electrons. The predicted molar refractivity (Wildman–Crippen MR) is 242 cm³/mol. The summed E-state index contributed by atoms with van der Waals surface area (Å²) in [7, 11) is 0. The van der Waals surface area contributed by atoms with Crippen LogP contribution in [0.1, 0.15) is 0 Å². The van der Waals surface area contributed by atoms with E-state index in [1.807, 2.05) is 0 Å². The average Bonchev–Trinajstić information content (AvgIpc) is 4.01. The Morgan fingerprint density at radius 2 is 0.695 bits per heavy atom. The van der Waals surface area contributed by atoms with Crippen molar-refractivity contribution in [2.75, 3.05) is 0 Å². The van der Waals surface area contributed by atoms with Crippen molar-refractivity contribution in [3.05, 3.63) is 206 Å². The van der Waals surface area contributed by atoms with Gasteiger partial charge in [-0.05, 0) is 119 Å². The molecule has 12 aromatic rings. The van der Waals surface area contributed by atoms with E-state index in [0.717, 1.165) is 106 Å². The fourth-order valence-electron chi connectivity index (χ4n) is 8.79. The zero-order valence-corrected chi connectivity index (χ0v) is 31.8. The van der Waals surface area contributed by atoms with Crippen molar-refractivity contribution in [2.24, 2.45) is 0 Å². The first-order valence-corrected chi connectivity index (χ1v) is 19.9. The molecule has 0 aliphatic rings. The summed E-state index contributed by atoms with van der Waals surface area (Å²) in [6, 6.07) is 72.5. The first-order chi connectivity index (χ1) is 29.3. The van der Waals surface area contributed by atoms with Crippen LogP contribution in [0.2, 0.25) is 0 Å². The van der Waals surface area contributed by atoms with Gasteiger partial charge in [-0.3, -0.25) is 13.7 Å². The number of nitrogens with zero attached hydrogens (tertiary/aromatic N) is 6. The largest absolute Gasteiger partial charge is 0.292 e. The summed E-state index contributed by atoms with van der Waals surface area (Å²) in [4.78, 5) is 16.0. The molecule has 0 bridgehead atoms. The molecule has 0 amide bonds. The van der Waals surface area contributed by atoms with Gasteiger partial charge in [0.25, 0.3) is 0 Å². The van der Waals surface area contributed by atoms with E-state index in [0.29, 0.717) is 0 Å². The lowest BCUT2D eigenvalue weighted by atomic mass is 9.94. The lowest BCUT2D eigenvalue weighted by molar-refractivity contribution is 1.10. The highest BCUT2D eigenvalue weighted by atomic mass is 15.1. The van der Waals surface area contributed by atoms with Gasteiger partial charge < -0.3 is 0 Å². The molecule has 0 aliphatic carbocycles. The molecule has 0 saturated carbocycles. The minimum atomic E-state index is 0.863. The molecule has 12 rings (SSSR count). The Morgan fingerprint density at radius 1 is 0.288 bits per heavy atom. The predicted octanol–water partition coefficient (Wildman–Crippen LogP) is 13.0. The van der Waals surface area contributed by atoms with Crippen LogP contribution in [0.25, 0.3) is 106 Å². The summed E-state index contributed by atoms with van der Waals surface area (Å²) in [5.74, 6) is 2.63. The van der Waals surface area contributed by atoms with E-state index in [1.165, 1.54) is 0 Å². The Balaban J connectivity index is 1.19. The average molecular weight is 755 g/mol. The quantitative estimate of drug-likeness (QED) is 0.159. The van der Waals surface area contributed by atoms with Crippen LogP contribution in [0.5, 0.6) is 0 Å². The summed E-state index contributed by atoms with van der Waals surface area (Å²) < 4.78 is 6.84. The zero-order chi connectivity index (χ0) is 38.9. The Bertz CT molecular complexity index is 3540. The molecule has 0 spiro atoms. The maximum absolute atomic E-state index is 5.40. The summed E-state index contributed by atoms with van der Waals surface area (Å²) >= 11 is 0. The molecule has 9 aromatic carbocycles. The maximum atomic E-state index is 5.40. The number of hydrogen-bond acceptors (Lipinski definition) is 3. The van der Waals surface area contributed by atoms with Gasteiger partial charge in [0.2, 0.25) is 0 Å². The first kappa shape index (κ1) is 33.1. The molecule has 3 aromatic heterocycles. The van der Waals surface area contributed by atoms with Gasteiger partial charge in [0.1, 0.15) is 17.5 Å². The second-order valence-corrected chi connectivity index (χ2v) is 14.9. The van der Waals surface area contributed by atoms with Crippen LogP contribution in [-0.2, 0) is 0 Å². The fourth-order valence-corrected chi connectivity index (χ4v) is 8.79. The highest BCUT2D eigenvalue weighted by Crippen LogP contribution is 2.42. The van der Waals surface area contributed by atoms with E-state index < -0.39 is 0 Å². The van der Waals surface area contributed by atoms with Crippen molar-refractivity contribution in [1.29, 1.82) is 0 Å². The molecule has 3 heterocycles. The standard InChI is InChI=1S/C53H34N6/c1-4-18-38(19-5-1)57-48-28-13-10-25-45(48)54-51(57)37-31-36-33-42-35(17-16-24-41(42)52-55-46-26-11-14-29-49(46)58(52)39-20-6-2-7-21-39)32-43(36)44(34-37)53-56-47-27-12-15-30-50(47)59(53)40-22-8-3-9-23-40/h1-34H. The Hall–Kier alpha value is -8.09. The molecule has 0 unspecified atom stereocenters. The smallest absolute Gasteiger partial charge is 0.146 e. The normalized spacial score (nSPS) is 11.7. The number of rotatable bonds is 6. The lowest BCUT2D eigenvalue weighted by Crippen LogP contribution is -2.01. The molecule has 6 nitrogen and oxygen atoms in total.